The molecular weight excluding hydrogens is 665 g/mol. The van der Waals surface area contributed by atoms with E-state index < -0.39 is 0 Å². The van der Waals surface area contributed by atoms with E-state index in [-0.39, 0.29) is 0 Å². The first-order chi connectivity index (χ1) is 27.3. The van der Waals surface area contributed by atoms with Gasteiger partial charge in [-0.05, 0) is 120 Å². The third kappa shape index (κ3) is 4.99. The zero-order chi connectivity index (χ0) is 36.3. The Hall–Kier alpha value is -7.03. The molecule has 11 rings (SSSR count). The van der Waals surface area contributed by atoms with Gasteiger partial charge in [0.1, 0.15) is 0 Å². The average molecular weight is 701 g/mol. The predicted octanol–water partition coefficient (Wildman–Crippen LogP) is 14.4. The maximum absolute atomic E-state index is 4.53. The Morgan fingerprint density at radius 3 is 1.69 bits per heavy atom. The van der Waals surface area contributed by atoms with E-state index in [0.29, 0.717) is 0 Å². The van der Waals surface area contributed by atoms with Crippen LogP contribution in [0.3, 0.4) is 0 Å². The van der Waals surface area contributed by atoms with Crippen LogP contribution in [-0.2, 0) is 0 Å². The van der Waals surface area contributed by atoms with Crippen LogP contribution in [0.5, 0.6) is 0 Å². The highest BCUT2D eigenvalue weighted by Crippen LogP contribution is 2.58. The maximum Gasteiger partial charge on any atom is 0.0641 e. The van der Waals surface area contributed by atoms with Crippen LogP contribution in [0.25, 0.3) is 82.4 Å². The highest BCUT2D eigenvalue weighted by Gasteiger charge is 2.31. The predicted molar refractivity (Wildman–Crippen MR) is 232 cm³/mol. The SMILES string of the molecule is C1=C(c2ccc3c4c(cccc24)-c2c-3c(-c3ccccc3)c3ccccc3c2-c2ccccc2)CCC(N(c2cccnc2)c2cccc3ccccc23)=C1. The van der Waals surface area contributed by atoms with Gasteiger partial charge in [-0.15, -0.1) is 0 Å². The minimum Gasteiger partial charge on any atom is -0.312 e. The summed E-state index contributed by atoms with van der Waals surface area (Å²) < 4.78 is 0. The first kappa shape index (κ1) is 31.5. The lowest BCUT2D eigenvalue weighted by atomic mass is 9.82. The van der Waals surface area contributed by atoms with Gasteiger partial charge in [0, 0.05) is 17.3 Å². The lowest BCUT2D eigenvalue weighted by Crippen LogP contribution is -2.18. The molecule has 0 N–H and O–H groups in total. The smallest absolute Gasteiger partial charge is 0.0641 e. The Labute approximate surface area is 321 Å². The summed E-state index contributed by atoms with van der Waals surface area (Å²) in [5, 5.41) is 7.70. The van der Waals surface area contributed by atoms with Gasteiger partial charge in [0.25, 0.3) is 0 Å². The number of fused-ring (bicyclic) bond motifs is 5. The van der Waals surface area contributed by atoms with Crippen molar-refractivity contribution in [3.63, 3.8) is 0 Å². The lowest BCUT2D eigenvalue weighted by molar-refractivity contribution is 0.930. The number of anilines is 2. The minimum absolute atomic E-state index is 0.912. The molecule has 0 atom stereocenters. The molecule has 0 spiro atoms. The summed E-state index contributed by atoms with van der Waals surface area (Å²) in [6, 6.07) is 62.1. The van der Waals surface area contributed by atoms with Crippen LogP contribution in [0, 0.1) is 0 Å². The van der Waals surface area contributed by atoms with Gasteiger partial charge >= 0.3 is 0 Å². The summed E-state index contributed by atoms with van der Waals surface area (Å²) in [5.41, 5.74) is 16.6. The Morgan fingerprint density at radius 2 is 1.02 bits per heavy atom. The van der Waals surface area contributed by atoms with E-state index in [1.54, 1.807) is 0 Å². The molecule has 55 heavy (non-hydrogen) atoms. The quantitative estimate of drug-likeness (QED) is 0.172. The number of pyridine rings is 1. The summed E-state index contributed by atoms with van der Waals surface area (Å²) in [4.78, 5) is 6.92. The Balaban J connectivity index is 1.11. The van der Waals surface area contributed by atoms with Crippen molar-refractivity contribution < 1.29 is 0 Å². The molecule has 8 aromatic carbocycles. The lowest BCUT2D eigenvalue weighted by Gasteiger charge is -2.30. The molecule has 0 fully saturated rings. The van der Waals surface area contributed by atoms with Crippen molar-refractivity contribution in [2.24, 2.45) is 0 Å². The normalized spacial score (nSPS) is 13.2. The van der Waals surface area contributed by atoms with Crippen molar-refractivity contribution in [2.45, 2.75) is 12.8 Å². The van der Waals surface area contributed by atoms with Crippen molar-refractivity contribution in [1.29, 1.82) is 0 Å². The summed E-state index contributed by atoms with van der Waals surface area (Å²) in [6.07, 6.45) is 10.4. The summed E-state index contributed by atoms with van der Waals surface area (Å²) in [6.45, 7) is 0. The Kier molecular flexibility index (Phi) is 7.34. The van der Waals surface area contributed by atoms with Gasteiger partial charge in [-0.1, -0.05) is 158 Å². The number of aromatic nitrogens is 1. The molecule has 1 heterocycles. The second-order valence-electron chi connectivity index (χ2n) is 14.6. The fourth-order valence-corrected chi connectivity index (χ4v) is 9.28. The monoisotopic (exact) mass is 700 g/mol. The summed E-state index contributed by atoms with van der Waals surface area (Å²) in [5.74, 6) is 0. The van der Waals surface area contributed by atoms with Gasteiger partial charge in [0.2, 0.25) is 0 Å². The van der Waals surface area contributed by atoms with E-state index in [0.717, 1.165) is 18.5 Å². The zero-order valence-electron chi connectivity index (χ0n) is 30.3. The van der Waals surface area contributed by atoms with Gasteiger partial charge in [-0.3, -0.25) is 4.98 Å². The molecule has 0 saturated heterocycles. The van der Waals surface area contributed by atoms with Crippen LogP contribution in [0.4, 0.5) is 11.4 Å². The number of nitrogens with zero attached hydrogens (tertiary/aromatic N) is 2. The number of allylic oxidation sites excluding steroid dienone is 4. The number of rotatable bonds is 6. The number of hydrogen-bond donors (Lipinski definition) is 0. The first-order valence-corrected chi connectivity index (χ1v) is 19.2. The van der Waals surface area contributed by atoms with Crippen LogP contribution < -0.4 is 4.90 Å². The number of hydrogen-bond acceptors (Lipinski definition) is 2. The van der Waals surface area contributed by atoms with Crippen LogP contribution >= 0.6 is 0 Å². The molecule has 1 aromatic heterocycles. The van der Waals surface area contributed by atoms with Crippen molar-refractivity contribution in [1.82, 2.24) is 4.98 Å². The molecule has 0 radical (unpaired) electrons. The van der Waals surface area contributed by atoms with E-state index in [4.69, 9.17) is 0 Å². The molecular formula is C53H36N2. The van der Waals surface area contributed by atoms with Gasteiger partial charge < -0.3 is 4.90 Å². The molecule has 2 aliphatic rings. The van der Waals surface area contributed by atoms with Crippen LogP contribution in [0.15, 0.2) is 200 Å². The summed E-state index contributed by atoms with van der Waals surface area (Å²) in [7, 11) is 0. The Bertz CT molecular complexity index is 2920. The van der Waals surface area contributed by atoms with E-state index in [1.807, 2.05) is 18.5 Å². The van der Waals surface area contributed by atoms with Gasteiger partial charge in [-0.25, -0.2) is 0 Å². The van der Waals surface area contributed by atoms with Crippen molar-refractivity contribution in [3.05, 3.63) is 206 Å². The average Bonchev–Trinajstić information content (AvgIpc) is 3.59. The molecule has 0 amide bonds. The molecule has 0 saturated carbocycles. The number of benzene rings is 8. The van der Waals surface area contributed by atoms with Gasteiger partial charge in [0.05, 0.1) is 17.6 Å². The van der Waals surface area contributed by atoms with E-state index in [1.165, 1.54) is 99.3 Å². The standard InChI is InChI=1S/C53H36N2/c1-3-15-37(16-4-1)49-44-22-9-10-23-45(44)50(38-17-5-2-6-18-38)53-47-32-31-41(43-24-12-25-46(51(43)47)52(49)53)36-27-29-39(30-28-36)55(40-20-13-33-54-34-40)48-26-11-19-35-14-7-8-21-42(35)48/h1-27,29,31-34H,28,30H2. The second kappa shape index (κ2) is 12.8. The molecule has 258 valence electrons. The third-order valence-corrected chi connectivity index (χ3v) is 11.6. The minimum atomic E-state index is 0.912. The third-order valence-electron chi connectivity index (χ3n) is 11.6. The maximum atomic E-state index is 4.53. The fraction of sp³-hybridized carbons (Fsp3) is 0.0377. The van der Waals surface area contributed by atoms with E-state index in [9.17, 15) is 0 Å². The van der Waals surface area contributed by atoms with Gasteiger partial charge in [-0.2, -0.15) is 0 Å². The van der Waals surface area contributed by atoms with Gasteiger partial charge in [0.15, 0.2) is 0 Å². The molecule has 2 aliphatic carbocycles. The summed E-state index contributed by atoms with van der Waals surface area (Å²) >= 11 is 0. The second-order valence-corrected chi connectivity index (χ2v) is 14.6. The van der Waals surface area contributed by atoms with Crippen LogP contribution in [-0.4, -0.2) is 4.98 Å². The van der Waals surface area contributed by atoms with E-state index >= 15 is 0 Å². The highest BCUT2D eigenvalue weighted by molar-refractivity contribution is 6.28. The van der Waals surface area contributed by atoms with Crippen molar-refractivity contribution in [3.8, 4) is 44.5 Å². The van der Waals surface area contributed by atoms with Crippen LogP contribution in [0.1, 0.15) is 18.4 Å². The molecule has 0 unspecified atom stereocenters. The van der Waals surface area contributed by atoms with Crippen molar-refractivity contribution >= 4 is 49.3 Å². The molecule has 0 bridgehead atoms. The van der Waals surface area contributed by atoms with Crippen LogP contribution in [0.2, 0.25) is 0 Å². The molecule has 9 aromatic rings. The molecule has 2 heteroatoms. The van der Waals surface area contributed by atoms with Crippen molar-refractivity contribution in [2.75, 3.05) is 4.90 Å². The molecule has 0 aliphatic heterocycles. The first-order valence-electron chi connectivity index (χ1n) is 19.2. The Morgan fingerprint density at radius 1 is 0.418 bits per heavy atom. The highest BCUT2D eigenvalue weighted by atomic mass is 15.2. The largest absolute Gasteiger partial charge is 0.312 e. The van der Waals surface area contributed by atoms with E-state index in [2.05, 4.69) is 186 Å². The molecule has 2 nitrogen and oxygen atoms in total. The fourth-order valence-electron chi connectivity index (χ4n) is 9.28. The topological polar surface area (TPSA) is 16.1 Å². The zero-order valence-corrected chi connectivity index (χ0v) is 30.3.